The zero-order chi connectivity index (χ0) is 19.0. The van der Waals surface area contributed by atoms with E-state index in [0.717, 1.165) is 25.9 Å². The number of hydrogen-bond acceptors (Lipinski definition) is 5. The van der Waals surface area contributed by atoms with E-state index < -0.39 is 0 Å². The molecule has 27 heavy (non-hydrogen) atoms. The molecule has 7 nitrogen and oxygen atoms in total. The zero-order valence-electron chi connectivity index (χ0n) is 15.0. The molecule has 2 heterocycles. The lowest BCUT2D eigenvalue weighted by Gasteiger charge is -2.32. The van der Waals surface area contributed by atoms with Gasteiger partial charge in [-0.2, -0.15) is 5.10 Å². The molecule has 0 unspecified atom stereocenters. The predicted octanol–water partition coefficient (Wildman–Crippen LogP) is 3.73. The van der Waals surface area contributed by atoms with Gasteiger partial charge in [0.2, 0.25) is 0 Å². The van der Waals surface area contributed by atoms with Gasteiger partial charge in [-0.25, -0.2) is 5.10 Å². The highest BCUT2D eigenvalue weighted by molar-refractivity contribution is 5.94. The highest BCUT2D eigenvalue weighted by atomic mass is 16.6. The lowest BCUT2D eigenvalue weighted by molar-refractivity contribution is -0.384. The molecule has 0 aliphatic carbocycles. The Morgan fingerprint density at radius 3 is 2.74 bits per heavy atom. The van der Waals surface area contributed by atoms with E-state index in [2.05, 4.69) is 22.0 Å². The van der Waals surface area contributed by atoms with Gasteiger partial charge in [0.25, 0.3) is 11.2 Å². The molecule has 0 amide bonds. The van der Waals surface area contributed by atoms with Crippen LogP contribution in [0.1, 0.15) is 19.8 Å². The number of nitro benzene ring substituents is 1. The molecule has 0 spiro atoms. The van der Waals surface area contributed by atoms with Crippen molar-refractivity contribution in [1.82, 2.24) is 10.2 Å². The fourth-order valence-electron chi connectivity index (χ4n) is 3.83. The van der Waals surface area contributed by atoms with E-state index in [1.807, 2.05) is 12.1 Å². The van der Waals surface area contributed by atoms with Crippen LogP contribution in [0.4, 0.5) is 11.4 Å². The summed E-state index contributed by atoms with van der Waals surface area (Å²) in [6, 6.07) is 12.3. The van der Waals surface area contributed by atoms with Crippen molar-refractivity contribution < 1.29 is 4.92 Å². The Kier molecular flexibility index (Phi) is 4.35. The van der Waals surface area contributed by atoms with Gasteiger partial charge >= 0.3 is 0 Å². The first kappa shape index (κ1) is 17.2. The van der Waals surface area contributed by atoms with Gasteiger partial charge in [0.1, 0.15) is 5.69 Å². The summed E-state index contributed by atoms with van der Waals surface area (Å²) in [4.78, 5) is 25.5. The standard InChI is InChI=1S/C20H20N4O3/c1-13-5-4-10-23(12-13)17-9-8-14(11-18(17)24(26)27)19-15-6-2-3-7-16(15)20(25)22-21-19/h2-3,6-9,11,13H,4-5,10,12H2,1H3,(H,22,25)/t13-/m1/s1. The van der Waals surface area contributed by atoms with Crippen LogP contribution < -0.4 is 10.5 Å². The molecule has 1 N–H and O–H groups in total. The van der Waals surface area contributed by atoms with Crippen LogP contribution in [0.3, 0.4) is 0 Å². The average Bonchev–Trinajstić information content (AvgIpc) is 2.68. The molecule has 3 aromatic rings. The highest BCUT2D eigenvalue weighted by Gasteiger charge is 2.25. The summed E-state index contributed by atoms with van der Waals surface area (Å²) in [5.41, 5.74) is 1.58. The van der Waals surface area contributed by atoms with Crippen molar-refractivity contribution in [2.24, 2.45) is 5.92 Å². The summed E-state index contributed by atoms with van der Waals surface area (Å²) >= 11 is 0. The van der Waals surface area contributed by atoms with Crippen LogP contribution in [-0.2, 0) is 0 Å². The van der Waals surface area contributed by atoms with Crippen LogP contribution in [0, 0.1) is 16.0 Å². The number of benzene rings is 2. The number of aromatic amines is 1. The van der Waals surface area contributed by atoms with Crippen LogP contribution in [0.5, 0.6) is 0 Å². The second-order valence-corrected chi connectivity index (χ2v) is 7.10. The lowest BCUT2D eigenvalue weighted by atomic mass is 9.98. The molecule has 0 radical (unpaired) electrons. The minimum Gasteiger partial charge on any atom is -0.366 e. The maximum Gasteiger partial charge on any atom is 0.293 e. The molecule has 4 rings (SSSR count). The minimum absolute atomic E-state index is 0.0682. The third kappa shape index (κ3) is 3.16. The normalized spacial score (nSPS) is 17.2. The average molecular weight is 364 g/mol. The molecular weight excluding hydrogens is 344 g/mol. The molecule has 138 valence electrons. The molecule has 0 bridgehead atoms. The molecule has 1 fully saturated rings. The van der Waals surface area contributed by atoms with Crippen molar-refractivity contribution >= 4 is 22.1 Å². The van der Waals surface area contributed by atoms with Crippen molar-refractivity contribution in [3.63, 3.8) is 0 Å². The highest BCUT2D eigenvalue weighted by Crippen LogP contribution is 2.36. The maximum atomic E-state index is 12.0. The minimum atomic E-state index is -0.341. The van der Waals surface area contributed by atoms with E-state index in [9.17, 15) is 14.9 Å². The smallest absolute Gasteiger partial charge is 0.293 e. The molecule has 7 heteroatoms. The predicted molar refractivity (Wildman–Crippen MR) is 105 cm³/mol. The molecule has 1 aliphatic heterocycles. The molecule has 1 saturated heterocycles. The summed E-state index contributed by atoms with van der Waals surface area (Å²) in [5.74, 6) is 0.517. The van der Waals surface area contributed by atoms with E-state index in [0.29, 0.717) is 33.6 Å². The van der Waals surface area contributed by atoms with E-state index in [1.165, 1.54) is 0 Å². The van der Waals surface area contributed by atoms with Gasteiger partial charge in [-0.15, -0.1) is 0 Å². The SMILES string of the molecule is C[C@@H]1CCCN(c2ccc(-c3n[nH]c(=O)c4ccccc34)cc2[N+](=O)[O-])C1. The van der Waals surface area contributed by atoms with Gasteiger partial charge in [0.15, 0.2) is 0 Å². The molecule has 1 aliphatic rings. The van der Waals surface area contributed by atoms with Crippen LogP contribution in [-0.4, -0.2) is 28.2 Å². The summed E-state index contributed by atoms with van der Waals surface area (Å²) in [6.07, 6.45) is 2.18. The molecule has 1 aromatic heterocycles. The molecule has 2 aromatic carbocycles. The van der Waals surface area contributed by atoms with Crippen LogP contribution in [0.2, 0.25) is 0 Å². The second kappa shape index (κ2) is 6.83. The Morgan fingerprint density at radius 2 is 2.00 bits per heavy atom. The number of H-pyrrole nitrogens is 1. The van der Waals surface area contributed by atoms with Crippen molar-refractivity contribution in [2.45, 2.75) is 19.8 Å². The first-order valence-corrected chi connectivity index (χ1v) is 9.06. The second-order valence-electron chi connectivity index (χ2n) is 7.10. The molecule has 0 saturated carbocycles. The Hall–Kier alpha value is -3.22. The van der Waals surface area contributed by atoms with E-state index in [-0.39, 0.29) is 16.2 Å². The molecule has 1 atom stereocenters. The van der Waals surface area contributed by atoms with Gasteiger partial charge in [-0.1, -0.05) is 31.2 Å². The van der Waals surface area contributed by atoms with E-state index in [4.69, 9.17) is 0 Å². The van der Waals surface area contributed by atoms with Gasteiger partial charge < -0.3 is 4.90 Å². The largest absolute Gasteiger partial charge is 0.366 e. The van der Waals surface area contributed by atoms with Crippen LogP contribution in [0.25, 0.3) is 22.0 Å². The fourth-order valence-corrected chi connectivity index (χ4v) is 3.83. The van der Waals surface area contributed by atoms with Crippen molar-refractivity contribution in [2.75, 3.05) is 18.0 Å². The van der Waals surface area contributed by atoms with Crippen molar-refractivity contribution in [1.29, 1.82) is 0 Å². The van der Waals surface area contributed by atoms with E-state index in [1.54, 1.807) is 30.3 Å². The number of piperidine rings is 1. The monoisotopic (exact) mass is 364 g/mol. The summed E-state index contributed by atoms with van der Waals surface area (Å²) in [6.45, 7) is 3.81. The number of nitro groups is 1. The topological polar surface area (TPSA) is 92.1 Å². The van der Waals surface area contributed by atoms with Gasteiger partial charge in [0, 0.05) is 30.1 Å². The first-order valence-electron chi connectivity index (χ1n) is 9.06. The maximum absolute atomic E-state index is 12.0. The van der Waals surface area contributed by atoms with Gasteiger partial charge in [-0.3, -0.25) is 14.9 Å². The first-order chi connectivity index (χ1) is 13.0. The lowest BCUT2D eigenvalue weighted by Crippen LogP contribution is -2.34. The summed E-state index contributed by atoms with van der Waals surface area (Å²) < 4.78 is 0. The summed E-state index contributed by atoms with van der Waals surface area (Å²) in [7, 11) is 0. The number of aromatic nitrogens is 2. The molecular formula is C20H20N4O3. The Labute approximate surface area is 155 Å². The number of nitrogens with zero attached hydrogens (tertiary/aromatic N) is 3. The number of nitrogens with one attached hydrogen (secondary N) is 1. The number of anilines is 1. The number of hydrogen-bond donors (Lipinski definition) is 1. The zero-order valence-corrected chi connectivity index (χ0v) is 15.0. The summed E-state index contributed by atoms with van der Waals surface area (Å²) in [5, 5.41) is 19.6. The third-order valence-corrected chi connectivity index (χ3v) is 5.14. The van der Waals surface area contributed by atoms with E-state index >= 15 is 0 Å². The fraction of sp³-hybridized carbons (Fsp3) is 0.300. The quantitative estimate of drug-likeness (QED) is 0.565. The van der Waals surface area contributed by atoms with Gasteiger partial charge in [-0.05, 0) is 30.9 Å². The van der Waals surface area contributed by atoms with Crippen molar-refractivity contribution in [3.8, 4) is 11.3 Å². The van der Waals surface area contributed by atoms with Gasteiger partial charge in [0.05, 0.1) is 16.0 Å². The number of fused-ring (bicyclic) bond motifs is 1. The van der Waals surface area contributed by atoms with Crippen LogP contribution >= 0.6 is 0 Å². The van der Waals surface area contributed by atoms with Crippen LogP contribution in [0.15, 0.2) is 47.3 Å². The Balaban J connectivity index is 1.84. The Bertz CT molecular complexity index is 1080. The Morgan fingerprint density at radius 1 is 1.22 bits per heavy atom. The third-order valence-electron chi connectivity index (χ3n) is 5.14. The number of rotatable bonds is 3. The van der Waals surface area contributed by atoms with Crippen molar-refractivity contribution in [3.05, 3.63) is 62.9 Å².